The van der Waals surface area contributed by atoms with Crippen molar-refractivity contribution in [2.45, 2.75) is 33.4 Å². The number of para-hydroxylation sites is 1. The van der Waals surface area contributed by atoms with Crippen molar-refractivity contribution in [2.75, 3.05) is 32.8 Å². The van der Waals surface area contributed by atoms with Gasteiger partial charge >= 0.3 is 0 Å². The third-order valence-electron chi connectivity index (χ3n) is 4.99. The maximum atomic E-state index is 12.6. The molecule has 1 aromatic carbocycles. The van der Waals surface area contributed by atoms with E-state index < -0.39 is 0 Å². The van der Waals surface area contributed by atoms with Crippen LogP contribution in [0.15, 0.2) is 24.3 Å². The number of nitrogens with zero attached hydrogens (tertiary/aromatic N) is 2. The number of hydrogen-bond acceptors (Lipinski definition) is 5. The van der Waals surface area contributed by atoms with Crippen LogP contribution in [0, 0.1) is 0 Å². The molecule has 1 aromatic heterocycles. The van der Waals surface area contributed by atoms with E-state index in [4.69, 9.17) is 4.74 Å². The molecule has 2 heterocycles. The summed E-state index contributed by atoms with van der Waals surface area (Å²) in [7, 11) is 0. The predicted octanol–water partition coefficient (Wildman–Crippen LogP) is 2.13. The van der Waals surface area contributed by atoms with E-state index >= 15 is 0 Å². The molecule has 28 heavy (non-hydrogen) atoms. The minimum absolute atomic E-state index is 0. The van der Waals surface area contributed by atoms with Crippen LogP contribution in [0.4, 0.5) is 0 Å². The molecule has 8 heteroatoms. The molecule has 1 amide bonds. The highest BCUT2D eigenvalue weighted by Gasteiger charge is 2.21. The fraction of sp³-hybridized carbons (Fsp3) is 0.500. The summed E-state index contributed by atoms with van der Waals surface area (Å²) >= 11 is 0. The first kappa shape index (κ1) is 22.2. The minimum Gasteiger partial charge on any atom is -0.492 e. The first-order chi connectivity index (χ1) is 13.2. The number of carbonyl (C=O) groups is 1. The number of nitrogens with one attached hydrogen (secondary N) is 3. The van der Waals surface area contributed by atoms with Crippen molar-refractivity contribution in [1.82, 2.24) is 25.7 Å². The van der Waals surface area contributed by atoms with E-state index in [1.807, 2.05) is 24.3 Å². The van der Waals surface area contributed by atoms with Gasteiger partial charge in [0, 0.05) is 49.4 Å². The number of H-pyrrole nitrogens is 1. The number of rotatable bonds is 9. The van der Waals surface area contributed by atoms with Gasteiger partial charge in [0.1, 0.15) is 12.4 Å². The van der Waals surface area contributed by atoms with Gasteiger partial charge in [-0.2, -0.15) is 5.10 Å². The fourth-order valence-corrected chi connectivity index (χ4v) is 3.29. The summed E-state index contributed by atoms with van der Waals surface area (Å²) < 4.78 is 5.96. The van der Waals surface area contributed by atoms with E-state index in [0.29, 0.717) is 25.4 Å². The molecule has 0 aliphatic carbocycles. The summed E-state index contributed by atoms with van der Waals surface area (Å²) in [5.74, 6) is 0.657. The Labute approximate surface area is 172 Å². The van der Waals surface area contributed by atoms with Crippen LogP contribution >= 0.6 is 12.4 Å². The van der Waals surface area contributed by atoms with E-state index in [2.05, 4.69) is 39.6 Å². The Morgan fingerprint density at radius 3 is 2.86 bits per heavy atom. The molecule has 0 atom stereocenters. The minimum atomic E-state index is -0.158. The molecule has 7 nitrogen and oxygen atoms in total. The summed E-state index contributed by atoms with van der Waals surface area (Å²) in [6.45, 7) is 9.85. The largest absolute Gasteiger partial charge is 0.492 e. The zero-order chi connectivity index (χ0) is 19.1. The molecule has 1 aliphatic heterocycles. The number of likely N-dealkylation sites (N-methyl/N-ethyl adjacent to an activating group) is 1. The fourth-order valence-electron chi connectivity index (χ4n) is 3.29. The highest BCUT2D eigenvalue weighted by molar-refractivity contribution is 5.94. The highest BCUT2D eigenvalue weighted by atomic mass is 35.5. The van der Waals surface area contributed by atoms with Crippen LogP contribution < -0.4 is 15.4 Å². The molecule has 154 valence electrons. The topological polar surface area (TPSA) is 82.3 Å². The molecule has 0 radical (unpaired) electrons. The van der Waals surface area contributed by atoms with Crippen molar-refractivity contribution in [3.8, 4) is 5.75 Å². The summed E-state index contributed by atoms with van der Waals surface area (Å²) in [5, 5.41) is 13.4. The number of fused-ring (bicyclic) bond motifs is 1. The van der Waals surface area contributed by atoms with E-state index in [1.165, 1.54) is 0 Å². The van der Waals surface area contributed by atoms with Crippen LogP contribution in [0.2, 0.25) is 0 Å². The second kappa shape index (κ2) is 11.0. The van der Waals surface area contributed by atoms with Gasteiger partial charge in [0.15, 0.2) is 5.69 Å². The molecule has 0 unspecified atom stereocenters. The monoisotopic (exact) mass is 407 g/mol. The third kappa shape index (κ3) is 5.47. The van der Waals surface area contributed by atoms with Crippen LogP contribution in [0.5, 0.6) is 5.75 Å². The van der Waals surface area contributed by atoms with Crippen molar-refractivity contribution in [3.63, 3.8) is 0 Å². The van der Waals surface area contributed by atoms with E-state index in [0.717, 1.165) is 55.2 Å². The van der Waals surface area contributed by atoms with Crippen molar-refractivity contribution in [2.24, 2.45) is 0 Å². The number of amides is 1. The van der Waals surface area contributed by atoms with Gasteiger partial charge in [0.25, 0.3) is 5.91 Å². The quantitative estimate of drug-likeness (QED) is 0.593. The van der Waals surface area contributed by atoms with Gasteiger partial charge < -0.3 is 20.3 Å². The van der Waals surface area contributed by atoms with Gasteiger partial charge in [-0.3, -0.25) is 9.89 Å². The number of halogens is 1. The number of carbonyl (C=O) groups excluding carboxylic acids is 1. The Balaban J connectivity index is 0.00000280. The van der Waals surface area contributed by atoms with Gasteiger partial charge in [-0.25, -0.2) is 0 Å². The van der Waals surface area contributed by atoms with Gasteiger partial charge in [0.2, 0.25) is 0 Å². The number of hydrogen-bond donors (Lipinski definition) is 3. The molecule has 0 saturated carbocycles. The van der Waals surface area contributed by atoms with Crippen LogP contribution in [-0.4, -0.2) is 53.8 Å². The van der Waals surface area contributed by atoms with Crippen molar-refractivity contribution in [3.05, 3.63) is 46.8 Å². The normalized spacial score (nSPS) is 13.0. The lowest BCUT2D eigenvalue weighted by molar-refractivity contribution is 0.0944. The molecule has 2 aromatic rings. The molecule has 0 spiro atoms. The van der Waals surface area contributed by atoms with Crippen molar-refractivity contribution in [1.29, 1.82) is 0 Å². The lowest BCUT2D eigenvalue weighted by atomic mass is 10.1. The summed E-state index contributed by atoms with van der Waals surface area (Å²) in [6, 6.07) is 7.84. The van der Waals surface area contributed by atoms with Crippen LogP contribution in [0.3, 0.4) is 0 Å². The predicted molar refractivity (Wildman–Crippen MR) is 112 cm³/mol. The van der Waals surface area contributed by atoms with Crippen LogP contribution in [0.1, 0.15) is 41.2 Å². The van der Waals surface area contributed by atoms with E-state index in [1.54, 1.807) is 0 Å². The molecule has 3 rings (SSSR count). The second-order valence-electron chi connectivity index (χ2n) is 6.62. The second-order valence-corrected chi connectivity index (χ2v) is 6.62. The summed E-state index contributed by atoms with van der Waals surface area (Å²) in [5.41, 5.74) is 3.48. The van der Waals surface area contributed by atoms with Gasteiger partial charge in [-0.1, -0.05) is 32.0 Å². The Morgan fingerprint density at radius 1 is 1.29 bits per heavy atom. The standard InChI is InChI=1S/C20H29N5O2.ClH/c1-3-25(4-2)11-12-27-18-8-6-5-7-15(18)13-22-20(26)19-16-14-21-10-9-17(16)23-24-19;/h5-8,21H,3-4,9-14H2,1-2H3,(H,22,26)(H,23,24);1H. The Morgan fingerprint density at radius 2 is 2.07 bits per heavy atom. The zero-order valence-corrected chi connectivity index (χ0v) is 17.4. The van der Waals surface area contributed by atoms with Gasteiger partial charge in [-0.15, -0.1) is 12.4 Å². The Bertz CT molecular complexity index is 761. The van der Waals surface area contributed by atoms with Crippen LogP contribution in [-0.2, 0) is 19.5 Å². The maximum Gasteiger partial charge on any atom is 0.272 e. The van der Waals surface area contributed by atoms with Gasteiger partial charge in [-0.05, 0) is 19.2 Å². The first-order valence-electron chi connectivity index (χ1n) is 9.71. The molecule has 3 N–H and O–H groups in total. The summed E-state index contributed by atoms with van der Waals surface area (Å²) in [4.78, 5) is 14.9. The Kier molecular flexibility index (Phi) is 8.76. The van der Waals surface area contributed by atoms with E-state index in [9.17, 15) is 4.79 Å². The summed E-state index contributed by atoms with van der Waals surface area (Å²) in [6.07, 6.45) is 0.874. The number of aromatic amines is 1. The third-order valence-corrected chi connectivity index (χ3v) is 4.99. The highest BCUT2D eigenvalue weighted by Crippen LogP contribution is 2.19. The van der Waals surface area contributed by atoms with Crippen molar-refractivity contribution < 1.29 is 9.53 Å². The number of benzene rings is 1. The lowest BCUT2D eigenvalue weighted by Crippen LogP contribution is -2.29. The smallest absolute Gasteiger partial charge is 0.272 e. The zero-order valence-electron chi connectivity index (χ0n) is 16.6. The van der Waals surface area contributed by atoms with E-state index in [-0.39, 0.29) is 18.3 Å². The Hall–Kier alpha value is -2.09. The SMILES string of the molecule is CCN(CC)CCOc1ccccc1CNC(=O)c1n[nH]c2c1CNCC2.Cl. The molecule has 0 bridgehead atoms. The number of ether oxygens (including phenoxy) is 1. The lowest BCUT2D eigenvalue weighted by Gasteiger charge is -2.19. The average Bonchev–Trinajstić information content (AvgIpc) is 3.14. The maximum absolute atomic E-state index is 12.6. The molecule has 1 aliphatic rings. The number of aromatic nitrogens is 2. The molecule has 0 saturated heterocycles. The van der Waals surface area contributed by atoms with Gasteiger partial charge in [0.05, 0.1) is 0 Å². The van der Waals surface area contributed by atoms with Crippen molar-refractivity contribution >= 4 is 18.3 Å². The molecular formula is C20H30ClN5O2. The van der Waals surface area contributed by atoms with Crippen LogP contribution in [0.25, 0.3) is 0 Å². The first-order valence-corrected chi connectivity index (χ1v) is 9.71. The molecular weight excluding hydrogens is 378 g/mol. The molecule has 0 fully saturated rings. The average molecular weight is 408 g/mol.